The number of carboxylic acids is 1. The zero-order valence-electron chi connectivity index (χ0n) is 10.2. The van der Waals surface area contributed by atoms with Crippen molar-refractivity contribution < 1.29 is 9.90 Å². The number of aliphatic carboxylic acids is 1. The van der Waals surface area contributed by atoms with Crippen LogP contribution in [-0.2, 0) is 4.79 Å². The van der Waals surface area contributed by atoms with E-state index in [9.17, 15) is 9.90 Å². The molecule has 0 aliphatic heterocycles. The van der Waals surface area contributed by atoms with Crippen molar-refractivity contribution in [2.24, 2.45) is 5.92 Å². The van der Waals surface area contributed by atoms with Crippen molar-refractivity contribution in [3.05, 3.63) is 65.2 Å². The van der Waals surface area contributed by atoms with Gasteiger partial charge >= 0.3 is 5.97 Å². The predicted octanol–water partition coefficient (Wildman–Crippen LogP) is 3.53. The highest BCUT2D eigenvalue weighted by molar-refractivity contribution is 5.89. The first-order chi connectivity index (χ1) is 9.27. The highest BCUT2D eigenvalue weighted by atomic mass is 16.4. The molecule has 2 atom stereocenters. The highest BCUT2D eigenvalue weighted by Gasteiger charge is 2.39. The van der Waals surface area contributed by atoms with E-state index in [0.29, 0.717) is 0 Å². The molecule has 0 amide bonds. The minimum atomic E-state index is -0.751. The molecule has 19 heavy (non-hydrogen) atoms. The third kappa shape index (κ3) is 1.28. The molecule has 2 aliphatic rings. The van der Waals surface area contributed by atoms with E-state index in [1.54, 1.807) is 0 Å². The van der Waals surface area contributed by atoms with Gasteiger partial charge in [0, 0.05) is 5.92 Å². The first-order valence-corrected chi connectivity index (χ1v) is 6.40. The maximum absolute atomic E-state index is 11.5. The average Bonchev–Trinajstić information content (AvgIpc) is 2.77. The molecular formula is C17H12O2. The van der Waals surface area contributed by atoms with Crippen LogP contribution in [0.3, 0.4) is 0 Å². The molecule has 0 bridgehead atoms. The molecule has 0 spiro atoms. The summed E-state index contributed by atoms with van der Waals surface area (Å²) < 4.78 is 0. The molecule has 0 aromatic heterocycles. The van der Waals surface area contributed by atoms with Crippen LogP contribution in [0.5, 0.6) is 0 Å². The molecule has 92 valence electrons. The van der Waals surface area contributed by atoms with Gasteiger partial charge in [0.25, 0.3) is 0 Å². The van der Waals surface area contributed by atoms with Gasteiger partial charge in [0.2, 0.25) is 0 Å². The summed E-state index contributed by atoms with van der Waals surface area (Å²) in [5.41, 5.74) is 5.84. The summed E-state index contributed by atoms with van der Waals surface area (Å²) >= 11 is 0. The number of carboxylic acid groups (broad SMARTS) is 1. The Bertz CT molecular complexity index is 728. The largest absolute Gasteiger partial charge is 0.481 e. The van der Waals surface area contributed by atoms with Crippen molar-refractivity contribution >= 4 is 12.0 Å². The number of fused-ring (bicyclic) bond motifs is 3. The second-order valence-electron chi connectivity index (χ2n) is 5.10. The third-order valence-corrected chi connectivity index (χ3v) is 4.16. The van der Waals surface area contributed by atoms with Gasteiger partial charge < -0.3 is 5.11 Å². The minimum Gasteiger partial charge on any atom is -0.481 e. The van der Waals surface area contributed by atoms with Crippen LogP contribution in [-0.4, -0.2) is 11.1 Å². The molecule has 2 aliphatic carbocycles. The lowest BCUT2D eigenvalue weighted by Gasteiger charge is -2.24. The van der Waals surface area contributed by atoms with Crippen molar-refractivity contribution in [3.8, 4) is 11.1 Å². The summed E-state index contributed by atoms with van der Waals surface area (Å²) in [5, 5.41) is 9.46. The van der Waals surface area contributed by atoms with Crippen LogP contribution in [0.4, 0.5) is 0 Å². The molecule has 1 N–H and O–H groups in total. The Labute approximate surface area is 111 Å². The van der Waals surface area contributed by atoms with Crippen molar-refractivity contribution in [1.29, 1.82) is 0 Å². The molecule has 0 unspecified atom stereocenters. The maximum Gasteiger partial charge on any atom is 0.311 e. The Kier molecular flexibility index (Phi) is 1.99. The number of rotatable bonds is 1. The van der Waals surface area contributed by atoms with Crippen LogP contribution in [0, 0.1) is 5.92 Å². The molecule has 0 heterocycles. The van der Waals surface area contributed by atoms with Crippen LogP contribution in [0.25, 0.3) is 17.2 Å². The number of carbonyl (C=O) groups is 1. The Morgan fingerprint density at radius 3 is 2.63 bits per heavy atom. The highest BCUT2D eigenvalue weighted by Crippen LogP contribution is 2.51. The van der Waals surface area contributed by atoms with Gasteiger partial charge in [-0.05, 0) is 27.8 Å². The first-order valence-electron chi connectivity index (χ1n) is 6.40. The normalized spacial score (nSPS) is 21.9. The minimum absolute atomic E-state index is 0.0371. The molecule has 0 saturated heterocycles. The quantitative estimate of drug-likeness (QED) is 0.838. The predicted molar refractivity (Wildman–Crippen MR) is 73.9 cm³/mol. The molecule has 2 aromatic carbocycles. The van der Waals surface area contributed by atoms with E-state index in [1.807, 2.05) is 30.4 Å². The molecule has 2 aromatic rings. The van der Waals surface area contributed by atoms with Gasteiger partial charge in [0.1, 0.15) is 0 Å². The van der Waals surface area contributed by atoms with E-state index in [4.69, 9.17) is 0 Å². The van der Waals surface area contributed by atoms with Crippen molar-refractivity contribution in [2.45, 2.75) is 5.92 Å². The fourth-order valence-electron chi connectivity index (χ4n) is 3.40. The summed E-state index contributed by atoms with van der Waals surface area (Å²) in [4.78, 5) is 11.5. The molecular weight excluding hydrogens is 236 g/mol. The summed E-state index contributed by atoms with van der Waals surface area (Å²) in [6, 6.07) is 14.3. The standard InChI is InChI=1S/C17H12O2/c18-17(19)14-9-8-10-4-3-7-12-11-5-1-2-6-13(11)16(14)15(10)12/h1-9,14,16H,(H,18,19)/t14-,16+/m1/s1. The van der Waals surface area contributed by atoms with Crippen LogP contribution >= 0.6 is 0 Å². The van der Waals surface area contributed by atoms with Crippen molar-refractivity contribution in [1.82, 2.24) is 0 Å². The Balaban J connectivity index is 2.07. The zero-order valence-corrected chi connectivity index (χ0v) is 10.2. The van der Waals surface area contributed by atoms with E-state index in [0.717, 1.165) is 11.1 Å². The summed E-state index contributed by atoms with van der Waals surface area (Å²) in [5.74, 6) is -1.25. The van der Waals surface area contributed by atoms with Gasteiger partial charge in [-0.15, -0.1) is 0 Å². The number of hydrogen-bond acceptors (Lipinski definition) is 1. The van der Waals surface area contributed by atoms with Crippen LogP contribution < -0.4 is 0 Å². The molecule has 0 fully saturated rings. The smallest absolute Gasteiger partial charge is 0.311 e. The lowest BCUT2D eigenvalue weighted by atomic mass is 9.78. The lowest BCUT2D eigenvalue weighted by molar-refractivity contribution is -0.140. The monoisotopic (exact) mass is 248 g/mol. The van der Waals surface area contributed by atoms with Gasteiger partial charge in [-0.1, -0.05) is 54.6 Å². The van der Waals surface area contributed by atoms with Gasteiger partial charge in [0.05, 0.1) is 5.92 Å². The molecule has 4 rings (SSSR count). The van der Waals surface area contributed by atoms with Gasteiger partial charge in [-0.2, -0.15) is 0 Å². The van der Waals surface area contributed by atoms with E-state index >= 15 is 0 Å². The van der Waals surface area contributed by atoms with E-state index in [-0.39, 0.29) is 5.92 Å². The number of benzene rings is 2. The van der Waals surface area contributed by atoms with Crippen LogP contribution in [0.1, 0.15) is 22.6 Å². The number of hydrogen-bond donors (Lipinski definition) is 1. The van der Waals surface area contributed by atoms with Gasteiger partial charge in [0.15, 0.2) is 0 Å². The van der Waals surface area contributed by atoms with E-state index in [2.05, 4.69) is 24.3 Å². The fraction of sp³-hybridized carbons (Fsp3) is 0.118. The van der Waals surface area contributed by atoms with E-state index in [1.165, 1.54) is 16.7 Å². The second-order valence-corrected chi connectivity index (χ2v) is 5.10. The SMILES string of the molecule is O=C(O)[C@@H]1C=Cc2cccc3c2[C@H]1c1ccccc1-3. The summed E-state index contributed by atoms with van der Waals surface area (Å²) in [6.07, 6.45) is 3.77. The van der Waals surface area contributed by atoms with Gasteiger partial charge in [-0.25, -0.2) is 0 Å². The van der Waals surface area contributed by atoms with Crippen LogP contribution in [0.2, 0.25) is 0 Å². The molecule has 0 saturated carbocycles. The fourth-order valence-corrected chi connectivity index (χ4v) is 3.40. The van der Waals surface area contributed by atoms with Crippen molar-refractivity contribution in [2.75, 3.05) is 0 Å². The van der Waals surface area contributed by atoms with Crippen molar-refractivity contribution in [3.63, 3.8) is 0 Å². The second kappa shape index (κ2) is 3.58. The Morgan fingerprint density at radius 2 is 1.79 bits per heavy atom. The molecule has 2 heteroatoms. The van der Waals surface area contributed by atoms with Crippen LogP contribution in [0.15, 0.2) is 48.5 Å². The zero-order chi connectivity index (χ0) is 13.0. The molecule has 2 nitrogen and oxygen atoms in total. The Hall–Kier alpha value is -2.35. The maximum atomic E-state index is 11.5. The summed E-state index contributed by atoms with van der Waals surface area (Å²) in [7, 11) is 0. The lowest BCUT2D eigenvalue weighted by Crippen LogP contribution is -2.22. The first kappa shape index (κ1) is 10.6. The van der Waals surface area contributed by atoms with E-state index < -0.39 is 11.9 Å². The topological polar surface area (TPSA) is 37.3 Å². The third-order valence-electron chi connectivity index (χ3n) is 4.16. The average molecular weight is 248 g/mol. The molecule has 0 radical (unpaired) electrons. The van der Waals surface area contributed by atoms with Gasteiger partial charge in [-0.3, -0.25) is 4.79 Å². The Morgan fingerprint density at radius 1 is 1.00 bits per heavy atom. The summed E-state index contributed by atoms with van der Waals surface area (Å²) in [6.45, 7) is 0.